The summed E-state index contributed by atoms with van der Waals surface area (Å²) < 4.78 is 11.3. The quantitative estimate of drug-likeness (QED) is 0.268. The van der Waals surface area contributed by atoms with E-state index in [-0.39, 0.29) is 11.7 Å². The molecule has 6 nitrogen and oxygen atoms in total. The van der Waals surface area contributed by atoms with Crippen LogP contribution in [0.4, 0.5) is 0 Å². The molecule has 0 saturated carbocycles. The molecule has 23 heavy (non-hydrogen) atoms. The molecule has 0 fully saturated rings. The van der Waals surface area contributed by atoms with E-state index in [4.69, 9.17) is 31.8 Å². The van der Waals surface area contributed by atoms with E-state index in [2.05, 4.69) is 0 Å². The molecule has 6 heteroatoms. The van der Waals surface area contributed by atoms with E-state index in [9.17, 15) is 0 Å². The number of hydrogen-bond donors (Lipinski definition) is 4. The second-order valence-corrected chi connectivity index (χ2v) is 5.02. The van der Waals surface area contributed by atoms with Gasteiger partial charge >= 0.3 is 0 Å². The molecule has 0 atom stereocenters. The van der Waals surface area contributed by atoms with Gasteiger partial charge in [-0.3, -0.25) is 22.3 Å². The van der Waals surface area contributed by atoms with Crippen LogP contribution in [0.25, 0.3) is 0 Å². The van der Waals surface area contributed by atoms with Gasteiger partial charge < -0.3 is 9.47 Å². The van der Waals surface area contributed by atoms with Crippen molar-refractivity contribution in [2.45, 2.75) is 6.42 Å². The third-order valence-corrected chi connectivity index (χ3v) is 3.16. The van der Waals surface area contributed by atoms with Gasteiger partial charge in [0.25, 0.3) is 11.7 Å². The average molecular weight is 314 g/mol. The minimum atomic E-state index is 0.273. The lowest BCUT2D eigenvalue weighted by Gasteiger charge is -2.09. The van der Waals surface area contributed by atoms with Crippen LogP contribution >= 0.6 is 0 Å². The molecule has 2 aromatic carbocycles. The van der Waals surface area contributed by atoms with Gasteiger partial charge in [0.15, 0.2) is 0 Å². The molecule has 0 aliphatic carbocycles. The Labute approximate surface area is 135 Å². The molecule has 0 aromatic heterocycles. The summed E-state index contributed by atoms with van der Waals surface area (Å²) in [6.45, 7) is 1.05. The zero-order valence-corrected chi connectivity index (χ0v) is 12.9. The van der Waals surface area contributed by atoms with Gasteiger partial charge in [-0.15, -0.1) is 0 Å². The molecule has 0 aliphatic rings. The summed E-state index contributed by atoms with van der Waals surface area (Å²) in [5, 5.41) is 11.1. The third-order valence-electron chi connectivity index (χ3n) is 3.16. The lowest BCUT2D eigenvalue weighted by molar-refractivity contribution is -0.115. The zero-order chi connectivity index (χ0) is 16.7. The van der Waals surface area contributed by atoms with Gasteiger partial charge in [0.2, 0.25) is 0 Å². The topological polar surface area (TPSA) is 122 Å². The van der Waals surface area contributed by atoms with E-state index in [1.807, 2.05) is 36.4 Å². The fourth-order valence-electron chi connectivity index (χ4n) is 1.97. The largest absolute Gasteiger partial charge is 0.493 e. The summed E-state index contributed by atoms with van der Waals surface area (Å²) in [4.78, 5) is 0. The molecule has 0 spiro atoms. The molecule has 2 rings (SSSR count). The summed E-state index contributed by atoms with van der Waals surface area (Å²) in [5.41, 5.74) is 12.6. The van der Waals surface area contributed by atoms with Crippen molar-refractivity contribution in [1.29, 1.82) is 0 Å². The normalized spacial score (nSPS) is 10.1. The van der Waals surface area contributed by atoms with E-state index in [0.717, 1.165) is 29.0 Å². The van der Waals surface area contributed by atoms with E-state index < -0.39 is 0 Å². The Morgan fingerprint density at radius 2 is 1.22 bits per heavy atom. The predicted octanol–water partition coefficient (Wildman–Crippen LogP) is -1.54. The molecule has 0 heterocycles. The van der Waals surface area contributed by atoms with Crippen LogP contribution in [0.5, 0.6) is 11.5 Å². The van der Waals surface area contributed by atoms with E-state index >= 15 is 0 Å². The van der Waals surface area contributed by atoms with Crippen LogP contribution in [0.15, 0.2) is 48.5 Å². The van der Waals surface area contributed by atoms with Crippen LogP contribution in [0, 0.1) is 0 Å². The molecule has 0 amide bonds. The van der Waals surface area contributed by atoms with Crippen molar-refractivity contribution in [2.75, 3.05) is 13.2 Å². The number of benzene rings is 2. The van der Waals surface area contributed by atoms with Crippen LogP contribution in [-0.2, 0) is 0 Å². The molecular weight excluding hydrogens is 292 g/mol. The van der Waals surface area contributed by atoms with Crippen molar-refractivity contribution < 1.29 is 20.3 Å². The standard InChI is InChI=1S/C17H20N4O2/c18-16(19)12-4-1-6-14(10-12)22-8-3-9-23-15-7-2-5-13(11-15)17(20)21/h1-2,4-7,10-11H,3,8-9H2,(H3,18,19)(H3,20,21)/p+2. The highest BCUT2D eigenvalue weighted by molar-refractivity contribution is 5.93. The SMILES string of the molecule is NC(=[NH2+])c1cccc(OCCCOc2cccc(C(N)=[NH2+])c2)c1. The van der Waals surface area contributed by atoms with Crippen LogP contribution in [0.2, 0.25) is 0 Å². The molecule has 0 aliphatic heterocycles. The summed E-state index contributed by atoms with van der Waals surface area (Å²) in [6.07, 6.45) is 0.734. The fraction of sp³-hybridized carbons (Fsp3) is 0.176. The number of ether oxygens (including phenoxy) is 2. The van der Waals surface area contributed by atoms with Crippen LogP contribution in [-0.4, -0.2) is 24.9 Å². The summed E-state index contributed by atoms with van der Waals surface area (Å²) in [6, 6.07) is 14.7. The van der Waals surface area contributed by atoms with Gasteiger partial charge in [-0.25, -0.2) is 0 Å². The van der Waals surface area contributed by atoms with E-state index in [0.29, 0.717) is 13.2 Å². The number of amidine groups is 2. The Morgan fingerprint density at radius 3 is 1.61 bits per heavy atom. The van der Waals surface area contributed by atoms with E-state index in [1.54, 1.807) is 12.1 Å². The highest BCUT2D eigenvalue weighted by Crippen LogP contribution is 2.14. The molecule has 0 radical (unpaired) electrons. The van der Waals surface area contributed by atoms with Crippen molar-refractivity contribution in [3.63, 3.8) is 0 Å². The number of rotatable bonds is 8. The average Bonchev–Trinajstić information content (AvgIpc) is 2.55. The predicted molar refractivity (Wildman–Crippen MR) is 88.9 cm³/mol. The molecule has 0 bridgehead atoms. The highest BCUT2D eigenvalue weighted by atomic mass is 16.5. The molecule has 0 saturated heterocycles. The Hall–Kier alpha value is -3.02. The van der Waals surface area contributed by atoms with Gasteiger partial charge in [-0.1, -0.05) is 12.1 Å². The maximum absolute atomic E-state index is 5.65. The van der Waals surface area contributed by atoms with Crippen molar-refractivity contribution in [3.8, 4) is 11.5 Å². The van der Waals surface area contributed by atoms with Crippen molar-refractivity contribution >= 4 is 11.7 Å². The van der Waals surface area contributed by atoms with Gasteiger partial charge in [-0.05, 0) is 36.4 Å². The second-order valence-electron chi connectivity index (χ2n) is 5.02. The maximum Gasteiger partial charge on any atom is 0.270 e. The fourth-order valence-corrected chi connectivity index (χ4v) is 1.97. The molecule has 0 unspecified atom stereocenters. The van der Waals surface area contributed by atoms with Gasteiger partial charge in [0.1, 0.15) is 11.5 Å². The smallest absolute Gasteiger partial charge is 0.270 e. The van der Waals surface area contributed by atoms with Crippen molar-refractivity contribution in [2.24, 2.45) is 11.5 Å². The monoisotopic (exact) mass is 314 g/mol. The van der Waals surface area contributed by atoms with Crippen LogP contribution in [0.1, 0.15) is 17.5 Å². The molecular formula is C17H22N4O2+2. The first-order valence-corrected chi connectivity index (χ1v) is 7.28. The number of hydrogen-bond acceptors (Lipinski definition) is 2. The van der Waals surface area contributed by atoms with Crippen molar-refractivity contribution in [1.82, 2.24) is 0 Å². The first-order chi connectivity index (χ1) is 11.1. The van der Waals surface area contributed by atoms with Gasteiger partial charge in [-0.2, -0.15) is 0 Å². The Balaban J connectivity index is 1.76. The summed E-state index contributed by atoms with van der Waals surface area (Å²) in [7, 11) is 0. The Bertz CT molecular complexity index is 641. The van der Waals surface area contributed by atoms with Gasteiger partial charge in [0, 0.05) is 6.42 Å². The lowest BCUT2D eigenvalue weighted by Crippen LogP contribution is -2.46. The Kier molecular flexibility index (Phi) is 5.57. The van der Waals surface area contributed by atoms with Crippen molar-refractivity contribution in [3.05, 3.63) is 59.7 Å². The zero-order valence-electron chi connectivity index (χ0n) is 12.9. The summed E-state index contributed by atoms with van der Waals surface area (Å²) in [5.74, 6) is 2.00. The highest BCUT2D eigenvalue weighted by Gasteiger charge is 2.04. The third kappa shape index (κ3) is 5.03. The van der Waals surface area contributed by atoms with Crippen LogP contribution < -0.4 is 31.8 Å². The lowest BCUT2D eigenvalue weighted by atomic mass is 10.2. The minimum absolute atomic E-state index is 0.273. The maximum atomic E-state index is 5.65. The first-order valence-electron chi connectivity index (χ1n) is 7.28. The minimum Gasteiger partial charge on any atom is -0.493 e. The van der Waals surface area contributed by atoms with Crippen LogP contribution in [0.3, 0.4) is 0 Å². The first kappa shape index (κ1) is 16.4. The van der Waals surface area contributed by atoms with E-state index in [1.165, 1.54) is 0 Å². The number of nitrogens with two attached hydrogens (primary N) is 4. The summed E-state index contributed by atoms with van der Waals surface area (Å²) >= 11 is 0. The second kappa shape index (κ2) is 7.84. The Morgan fingerprint density at radius 1 is 0.783 bits per heavy atom. The molecule has 2 aromatic rings. The van der Waals surface area contributed by atoms with Gasteiger partial charge in [0.05, 0.1) is 24.3 Å². The molecule has 8 N–H and O–H groups in total. The molecule has 120 valence electrons.